The van der Waals surface area contributed by atoms with E-state index in [9.17, 15) is 14.0 Å². The molecule has 1 heterocycles. The summed E-state index contributed by atoms with van der Waals surface area (Å²) in [5.41, 5.74) is 7.78. The van der Waals surface area contributed by atoms with Crippen LogP contribution in [0, 0.1) is 18.7 Å². The number of hydrogen-bond acceptors (Lipinski definition) is 3. The van der Waals surface area contributed by atoms with Gasteiger partial charge in [0.05, 0.1) is 5.56 Å². The number of aryl methyl sites for hydroxylation is 1. The molecule has 1 aliphatic heterocycles. The van der Waals surface area contributed by atoms with E-state index in [2.05, 4.69) is 5.32 Å². The molecule has 29 heavy (non-hydrogen) atoms. The molecular weight excluding hydrogens is 393 g/mol. The highest BCUT2D eigenvalue weighted by atomic mass is 35.5. The van der Waals surface area contributed by atoms with Crippen molar-refractivity contribution in [2.75, 3.05) is 18.4 Å². The molecule has 0 bridgehead atoms. The van der Waals surface area contributed by atoms with E-state index >= 15 is 0 Å². The van der Waals surface area contributed by atoms with Gasteiger partial charge in [0.2, 0.25) is 0 Å². The molecule has 7 heteroatoms. The van der Waals surface area contributed by atoms with Crippen molar-refractivity contribution in [2.45, 2.75) is 32.7 Å². The summed E-state index contributed by atoms with van der Waals surface area (Å²) in [6.07, 6.45) is 1.96. The van der Waals surface area contributed by atoms with E-state index in [0.717, 1.165) is 18.4 Å². The van der Waals surface area contributed by atoms with E-state index in [0.29, 0.717) is 30.3 Å². The summed E-state index contributed by atoms with van der Waals surface area (Å²) in [6, 6.07) is 11.1. The van der Waals surface area contributed by atoms with Gasteiger partial charge in [-0.25, -0.2) is 4.39 Å². The Bertz CT molecular complexity index is 888. The number of nitrogens with one attached hydrogen (secondary N) is 1. The summed E-state index contributed by atoms with van der Waals surface area (Å²) in [5, 5.41) is 2.72. The zero-order valence-corrected chi connectivity index (χ0v) is 17.5. The van der Waals surface area contributed by atoms with Crippen LogP contribution in [0.3, 0.4) is 0 Å². The second kappa shape index (κ2) is 9.85. The van der Waals surface area contributed by atoms with E-state index in [4.69, 9.17) is 5.73 Å². The molecule has 2 aromatic rings. The Hall–Kier alpha value is -2.44. The predicted molar refractivity (Wildman–Crippen MR) is 115 cm³/mol. The van der Waals surface area contributed by atoms with Crippen LogP contribution in [0.5, 0.6) is 0 Å². The number of nitrogens with zero attached hydrogens (tertiary/aromatic N) is 1. The van der Waals surface area contributed by atoms with Gasteiger partial charge >= 0.3 is 0 Å². The Balaban J connectivity index is 0.00000300. The highest BCUT2D eigenvalue weighted by molar-refractivity contribution is 6.05. The normalized spacial score (nSPS) is 17.2. The topological polar surface area (TPSA) is 75.4 Å². The molecule has 3 rings (SSSR count). The van der Waals surface area contributed by atoms with Crippen molar-refractivity contribution in [1.82, 2.24) is 4.90 Å². The lowest BCUT2D eigenvalue weighted by molar-refractivity contribution is 0.0660. The number of benzene rings is 2. The Kier molecular flexibility index (Phi) is 7.76. The average Bonchev–Trinajstić information content (AvgIpc) is 2.69. The number of nitrogens with two attached hydrogens (primary N) is 1. The van der Waals surface area contributed by atoms with Crippen LogP contribution in [-0.4, -0.2) is 35.8 Å². The smallest absolute Gasteiger partial charge is 0.258 e. The lowest BCUT2D eigenvalue weighted by Crippen LogP contribution is -2.45. The van der Waals surface area contributed by atoms with Gasteiger partial charge in [-0.2, -0.15) is 0 Å². The number of likely N-dealkylation sites (tertiary alicyclic amines) is 1. The van der Waals surface area contributed by atoms with Gasteiger partial charge in [-0.3, -0.25) is 9.59 Å². The Morgan fingerprint density at radius 1 is 1.24 bits per heavy atom. The predicted octanol–water partition coefficient (Wildman–Crippen LogP) is 4.01. The molecule has 1 fully saturated rings. The minimum Gasteiger partial charge on any atom is -0.338 e. The van der Waals surface area contributed by atoms with Gasteiger partial charge in [0.1, 0.15) is 5.82 Å². The summed E-state index contributed by atoms with van der Waals surface area (Å²) < 4.78 is 13.9. The molecule has 0 radical (unpaired) electrons. The van der Waals surface area contributed by atoms with E-state index in [-0.39, 0.29) is 29.9 Å². The number of piperidine rings is 1. The molecule has 1 aliphatic rings. The van der Waals surface area contributed by atoms with Crippen LogP contribution >= 0.6 is 12.4 Å². The first kappa shape index (κ1) is 22.8. The quantitative estimate of drug-likeness (QED) is 0.786. The summed E-state index contributed by atoms with van der Waals surface area (Å²) in [4.78, 5) is 27.2. The largest absolute Gasteiger partial charge is 0.338 e. The van der Waals surface area contributed by atoms with Gasteiger partial charge in [-0.1, -0.05) is 18.2 Å². The minimum atomic E-state index is -0.583. The fraction of sp³-hybridized carbons (Fsp3) is 0.364. The number of rotatable bonds is 4. The van der Waals surface area contributed by atoms with Crippen molar-refractivity contribution in [1.29, 1.82) is 0 Å². The molecule has 1 saturated heterocycles. The van der Waals surface area contributed by atoms with E-state index in [1.54, 1.807) is 24.3 Å². The Morgan fingerprint density at radius 3 is 2.66 bits per heavy atom. The molecule has 156 valence electrons. The van der Waals surface area contributed by atoms with E-state index in [1.165, 1.54) is 18.2 Å². The molecular formula is C22H27ClFN3O2. The van der Waals surface area contributed by atoms with Gasteiger partial charge in [-0.15, -0.1) is 12.4 Å². The van der Waals surface area contributed by atoms with Crippen molar-refractivity contribution < 1.29 is 14.0 Å². The molecule has 0 aromatic heterocycles. The van der Waals surface area contributed by atoms with Crippen molar-refractivity contribution in [3.05, 3.63) is 65.0 Å². The monoisotopic (exact) mass is 419 g/mol. The lowest BCUT2D eigenvalue weighted by atomic mass is 9.92. The van der Waals surface area contributed by atoms with Crippen molar-refractivity contribution >= 4 is 29.9 Å². The first-order valence-corrected chi connectivity index (χ1v) is 9.58. The highest BCUT2D eigenvalue weighted by Crippen LogP contribution is 2.23. The number of carbonyl (C=O) groups is 2. The zero-order valence-electron chi connectivity index (χ0n) is 16.7. The van der Waals surface area contributed by atoms with Gasteiger partial charge in [0, 0.05) is 30.4 Å². The van der Waals surface area contributed by atoms with Gasteiger partial charge in [0.15, 0.2) is 0 Å². The summed E-state index contributed by atoms with van der Waals surface area (Å²) in [7, 11) is 0. The molecule has 3 N–H and O–H groups in total. The van der Waals surface area contributed by atoms with Crippen LogP contribution in [0.2, 0.25) is 0 Å². The number of amides is 2. The number of anilines is 1. The molecule has 0 aliphatic carbocycles. The zero-order chi connectivity index (χ0) is 20.3. The van der Waals surface area contributed by atoms with Gasteiger partial charge < -0.3 is 16.0 Å². The first-order chi connectivity index (χ1) is 13.4. The van der Waals surface area contributed by atoms with Crippen LogP contribution in [0.15, 0.2) is 42.5 Å². The Labute approximate surface area is 176 Å². The SMILES string of the molecule is Cc1ccc(C(=O)N2CCCC(C(C)N)C2)cc1NC(=O)c1ccccc1F.Cl. The number of carbonyl (C=O) groups excluding carboxylic acids is 2. The summed E-state index contributed by atoms with van der Waals surface area (Å²) in [5.74, 6) is -0.906. The second-order valence-corrected chi connectivity index (χ2v) is 7.48. The maximum atomic E-state index is 13.9. The number of halogens is 2. The molecule has 2 aromatic carbocycles. The fourth-order valence-corrected chi connectivity index (χ4v) is 3.53. The fourth-order valence-electron chi connectivity index (χ4n) is 3.53. The van der Waals surface area contributed by atoms with Gasteiger partial charge in [0.25, 0.3) is 11.8 Å². The maximum Gasteiger partial charge on any atom is 0.258 e. The third-order valence-electron chi connectivity index (χ3n) is 5.34. The average molecular weight is 420 g/mol. The first-order valence-electron chi connectivity index (χ1n) is 9.58. The second-order valence-electron chi connectivity index (χ2n) is 7.48. The standard InChI is InChI=1S/C22H26FN3O2.ClH/c1-14-9-10-16(22(28)26-11-5-6-17(13-26)15(2)24)12-20(14)25-21(27)18-7-3-4-8-19(18)23;/h3-4,7-10,12,15,17H,5-6,11,13,24H2,1-2H3,(H,25,27);1H. The molecule has 5 nitrogen and oxygen atoms in total. The number of hydrogen-bond donors (Lipinski definition) is 2. The maximum absolute atomic E-state index is 13.9. The minimum absolute atomic E-state index is 0. The summed E-state index contributed by atoms with van der Waals surface area (Å²) >= 11 is 0. The van der Waals surface area contributed by atoms with Crippen LogP contribution < -0.4 is 11.1 Å². The molecule has 2 unspecified atom stereocenters. The third kappa shape index (κ3) is 5.34. The van der Waals surface area contributed by atoms with Crippen LogP contribution in [0.25, 0.3) is 0 Å². The Morgan fingerprint density at radius 2 is 1.97 bits per heavy atom. The summed E-state index contributed by atoms with van der Waals surface area (Å²) in [6.45, 7) is 5.15. The molecule has 2 amide bonds. The van der Waals surface area contributed by atoms with Crippen molar-refractivity contribution in [3.8, 4) is 0 Å². The molecule has 0 saturated carbocycles. The van der Waals surface area contributed by atoms with Crippen molar-refractivity contribution in [3.63, 3.8) is 0 Å². The van der Waals surface area contributed by atoms with Crippen LogP contribution in [-0.2, 0) is 0 Å². The van der Waals surface area contributed by atoms with Crippen LogP contribution in [0.1, 0.15) is 46.0 Å². The van der Waals surface area contributed by atoms with Gasteiger partial charge in [-0.05, 0) is 62.4 Å². The van der Waals surface area contributed by atoms with E-state index in [1.807, 2.05) is 18.7 Å². The third-order valence-corrected chi connectivity index (χ3v) is 5.34. The van der Waals surface area contributed by atoms with Crippen molar-refractivity contribution in [2.24, 2.45) is 11.7 Å². The highest BCUT2D eigenvalue weighted by Gasteiger charge is 2.26. The lowest BCUT2D eigenvalue weighted by Gasteiger charge is -2.34. The molecule has 2 atom stereocenters. The van der Waals surface area contributed by atoms with E-state index < -0.39 is 11.7 Å². The molecule has 0 spiro atoms. The van der Waals surface area contributed by atoms with Crippen LogP contribution in [0.4, 0.5) is 10.1 Å².